The molecule has 0 saturated carbocycles. The van der Waals surface area contributed by atoms with E-state index in [-0.39, 0.29) is 28.5 Å². The van der Waals surface area contributed by atoms with E-state index in [1.165, 1.54) is 137 Å². The van der Waals surface area contributed by atoms with Gasteiger partial charge in [0.2, 0.25) is 0 Å². The highest BCUT2D eigenvalue weighted by Gasteiger charge is 2.47. The van der Waals surface area contributed by atoms with Crippen molar-refractivity contribution in [3.05, 3.63) is 173 Å². The van der Waals surface area contributed by atoms with Gasteiger partial charge in [0.15, 0.2) is 0 Å². The molecule has 2 aliphatic carbocycles. The van der Waals surface area contributed by atoms with Gasteiger partial charge >= 0.3 is 6.85 Å². The van der Waals surface area contributed by atoms with Gasteiger partial charge in [0, 0.05) is 64.4 Å². The first-order valence-electron chi connectivity index (χ1n) is 24.0. The molecule has 0 spiro atoms. The van der Waals surface area contributed by atoms with Crippen LogP contribution in [0.1, 0.15) is 103 Å². The van der Waals surface area contributed by atoms with Crippen LogP contribution in [0.2, 0.25) is 0 Å². The summed E-state index contributed by atoms with van der Waals surface area (Å²) < 4.78 is 5.38. The van der Waals surface area contributed by atoms with Crippen LogP contribution in [0, 0.1) is 0 Å². The number of hydrogen-bond donors (Lipinski definition) is 0. The van der Waals surface area contributed by atoms with E-state index in [4.69, 9.17) is 0 Å². The number of rotatable bonds is 1. The Balaban J connectivity index is 1.15. The fraction of sp³-hybridized carbons (Fsp3) is 0.226. The summed E-state index contributed by atoms with van der Waals surface area (Å²) in [4.78, 5) is 2.73. The zero-order valence-electron chi connectivity index (χ0n) is 39.7. The van der Waals surface area contributed by atoms with Crippen LogP contribution in [0.3, 0.4) is 0 Å². The predicted molar refractivity (Wildman–Crippen MR) is 285 cm³/mol. The predicted octanol–water partition coefficient (Wildman–Crippen LogP) is 15.6. The van der Waals surface area contributed by atoms with Gasteiger partial charge < -0.3 is 9.38 Å². The first-order chi connectivity index (χ1) is 31.5. The highest BCUT2D eigenvalue weighted by Crippen LogP contribution is 2.55. The lowest BCUT2D eigenvalue weighted by Crippen LogP contribution is -2.60. The van der Waals surface area contributed by atoms with Crippen LogP contribution in [0.15, 0.2) is 140 Å². The smallest absolute Gasteiger partial charge is 0.333 e. The topological polar surface area (TPSA) is 8.17 Å². The van der Waals surface area contributed by atoms with Crippen LogP contribution in [0.25, 0.3) is 81.0 Å². The van der Waals surface area contributed by atoms with Crippen molar-refractivity contribution in [1.29, 1.82) is 0 Å². The fourth-order valence-corrected chi connectivity index (χ4v) is 14.0. The average molecular weight is 869 g/mol. The normalized spacial score (nSPS) is 15.9. The van der Waals surface area contributed by atoms with Crippen molar-refractivity contribution in [1.82, 2.24) is 4.57 Å². The lowest BCUT2D eigenvalue weighted by Gasteiger charge is -2.42. The van der Waals surface area contributed by atoms with Crippen LogP contribution in [0.4, 0.5) is 11.4 Å². The summed E-state index contributed by atoms with van der Waals surface area (Å²) in [5.41, 5.74) is 25.5. The molecule has 0 atom stereocenters. The second-order valence-corrected chi connectivity index (χ2v) is 24.1. The minimum absolute atomic E-state index is 0.0424. The quantitative estimate of drug-likeness (QED) is 0.149. The average Bonchev–Trinajstić information content (AvgIpc) is 3.96. The Labute approximate surface area is 392 Å². The number of nitrogens with zero attached hydrogens (tertiary/aromatic N) is 2. The zero-order chi connectivity index (χ0) is 45.1. The molecule has 8 aromatic carbocycles. The van der Waals surface area contributed by atoms with E-state index in [1.807, 2.05) is 11.3 Å². The Kier molecular flexibility index (Phi) is 7.27. The second-order valence-electron chi connectivity index (χ2n) is 23.0. The van der Waals surface area contributed by atoms with E-state index < -0.39 is 0 Å². The lowest BCUT2D eigenvalue weighted by molar-refractivity contribution is 0.590. The summed E-state index contributed by atoms with van der Waals surface area (Å²) in [5, 5.41) is 5.37. The third-order valence-electron chi connectivity index (χ3n) is 16.5. The Hall–Kier alpha value is -6.36. The number of hydrogen-bond acceptors (Lipinski definition) is 2. The molecule has 10 aromatic rings. The van der Waals surface area contributed by atoms with Gasteiger partial charge in [0.1, 0.15) is 0 Å². The third kappa shape index (κ3) is 4.83. The minimum Gasteiger partial charge on any atom is -0.376 e. The van der Waals surface area contributed by atoms with Gasteiger partial charge in [-0.15, -0.1) is 11.3 Å². The van der Waals surface area contributed by atoms with Crippen LogP contribution in [0.5, 0.6) is 0 Å². The molecule has 0 N–H and O–H groups in total. The summed E-state index contributed by atoms with van der Waals surface area (Å²) in [7, 11) is 0. The van der Waals surface area contributed by atoms with Gasteiger partial charge in [-0.25, -0.2) is 0 Å². The van der Waals surface area contributed by atoms with Gasteiger partial charge in [0.25, 0.3) is 0 Å². The van der Waals surface area contributed by atoms with Crippen molar-refractivity contribution in [3.63, 3.8) is 0 Å². The summed E-state index contributed by atoms with van der Waals surface area (Å²) in [5.74, 6) is 0. The molecule has 2 nitrogen and oxygen atoms in total. The van der Waals surface area contributed by atoms with Crippen molar-refractivity contribution < 1.29 is 0 Å². The first-order valence-corrected chi connectivity index (χ1v) is 24.8. The van der Waals surface area contributed by atoms with Gasteiger partial charge in [-0.2, -0.15) is 0 Å². The summed E-state index contributed by atoms with van der Waals surface area (Å²) in [6.07, 6.45) is 0. The maximum absolute atomic E-state index is 2.73. The van der Waals surface area contributed by atoms with Crippen molar-refractivity contribution in [3.8, 4) is 39.1 Å². The molecule has 2 aliphatic heterocycles. The molecular formula is C62H53BN2S. The van der Waals surface area contributed by atoms with E-state index in [0.29, 0.717) is 0 Å². The molecule has 0 radical (unpaired) electrons. The Morgan fingerprint density at radius 1 is 0.455 bits per heavy atom. The number of anilines is 2. The van der Waals surface area contributed by atoms with Crippen LogP contribution < -0.4 is 15.7 Å². The molecule has 0 amide bonds. The van der Waals surface area contributed by atoms with Gasteiger partial charge in [-0.1, -0.05) is 154 Å². The third-order valence-corrected chi connectivity index (χ3v) is 17.6. The maximum atomic E-state index is 2.73. The highest BCUT2D eigenvalue weighted by atomic mass is 32.1. The molecule has 0 saturated heterocycles. The van der Waals surface area contributed by atoms with Crippen LogP contribution >= 0.6 is 11.3 Å². The van der Waals surface area contributed by atoms with E-state index in [1.54, 1.807) is 0 Å². The second kappa shape index (κ2) is 12.3. The minimum atomic E-state index is -0.142. The molecule has 14 rings (SSSR count). The number of aromatic nitrogens is 1. The van der Waals surface area contributed by atoms with Crippen LogP contribution in [-0.4, -0.2) is 11.4 Å². The Bertz CT molecular complexity index is 3840. The summed E-state index contributed by atoms with van der Waals surface area (Å²) in [6.45, 7) is 23.6. The zero-order valence-corrected chi connectivity index (χ0v) is 40.5. The molecule has 4 heteroatoms. The number of fused-ring (bicyclic) bond motifs is 17. The molecule has 0 bridgehead atoms. The molecule has 0 fully saturated rings. The van der Waals surface area contributed by atoms with Crippen molar-refractivity contribution >= 4 is 82.5 Å². The lowest BCUT2D eigenvalue weighted by atomic mass is 9.43. The van der Waals surface area contributed by atoms with Crippen molar-refractivity contribution in [2.75, 3.05) is 4.81 Å². The first kappa shape index (κ1) is 38.9. The fourth-order valence-electron chi connectivity index (χ4n) is 12.9. The SMILES string of the molecule is CC(C)(C)c1ccc(N2B3c4cc5c(cc4-n4c6cc7c(cc6c6ccc(c3c64)-c3cc4c(cc32)sc2ccc(C(C)(C)C)cc24)C(C)(C)c2ccccc2-7)C(C)(C)c2ccccc2-5)cc1. The number of thiophene rings is 1. The van der Waals surface area contributed by atoms with E-state index >= 15 is 0 Å². The molecule has 320 valence electrons. The van der Waals surface area contributed by atoms with Gasteiger partial charge in [0.05, 0.1) is 11.0 Å². The summed E-state index contributed by atoms with van der Waals surface area (Å²) in [6, 6.07) is 55.3. The Morgan fingerprint density at radius 2 is 1.08 bits per heavy atom. The Morgan fingerprint density at radius 3 is 1.76 bits per heavy atom. The molecule has 66 heavy (non-hydrogen) atoms. The molecule has 4 heterocycles. The van der Waals surface area contributed by atoms with E-state index in [2.05, 4.69) is 218 Å². The number of benzene rings is 8. The molecular weight excluding hydrogens is 816 g/mol. The van der Waals surface area contributed by atoms with E-state index in [0.717, 1.165) is 0 Å². The van der Waals surface area contributed by atoms with Crippen molar-refractivity contribution in [2.45, 2.75) is 90.9 Å². The standard InChI is InChI=1S/C62H53BN2S/c1-59(2,3)34-19-22-36(23-20-34)65-53-33-56-46(45-27-35(60(4,5)6)21-26-55(45)66-56)28-43(53)39-24-25-40-44-29-49-42(38-16-12-14-18-48(38)61(49,7)8)31-52(44)64-54-32-50-41(30-51(54)63(65)57(39)58(40)64)37-15-11-13-17-47(37)62(50,9)10/h11-33H,1-10H3. The van der Waals surface area contributed by atoms with E-state index in [9.17, 15) is 0 Å². The highest BCUT2D eigenvalue weighted by molar-refractivity contribution is 7.25. The largest absolute Gasteiger partial charge is 0.376 e. The van der Waals surface area contributed by atoms with Crippen molar-refractivity contribution in [2.24, 2.45) is 0 Å². The van der Waals surface area contributed by atoms with Crippen LogP contribution in [-0.2, 0) is 21.7 Å². The molecule has 4 aliphatic rings. The monoisotopic (exact) mass is 868 g/mol. The molecule has 0 unspecified atom stereocenters. The maximum Gasteiger partial charge on any atom is 0.333 e. The summed E-state index contributed by atoms with van der Waals surface area (Å²) >= 11 is 1.93. The van der Waals surface area contributed by atoms with Gasteiger partial charge in [-0.05, 0) is 138 Å². The molecule has 2 aromatic heterocycles. The van der Waals surface area contributed by atoms with Gasteiger partial charge in [-0.3, -0.25) is 0 Å².